The number of ether oxygens (including phenoxy) is 1. The Balaban J connectivity index is 1.46. The normalized spacial score (nSPS) is 17.7. The maximum Gasteiger partial charge on any atom is 0.417 e. The van der Waals surface area contributed by atoms with Crippen LogP contribution in [0.15, 0.2) is 30.3 Å². The van der Waals surface area contributed by atoms with Crippen molar-refractivity contribution in [2.75, 3.05) is 62.3 Å². The highest BCUT2D eigenvalue weighted by Gasteiger charge is 2.36. The van der Waals surface area contributed by atoms with Gasteiger partial charge in [-0.25, -0.2) is 4.98 Å². The van der Waals surface area contributed by atoms with Crippen LogP contribution in [0.1, 0.15) is 21.6 Å². The SMILES string of the molecule is Cc1cc(N2CCN(C(=O)c3ccccc3C(F)(F)F)CC2)nc(N2CCOCC2)n1. The first-order valence-electron chi connectivity index (χ1n) is 10.2. The Bertz CT molecular complexity index is 939. The molecule has 0 spiro atoms. The van der Waals surface area contributed by atoms with E-state index in [0.29, 0.717) is 45.3 Å². The fourth-order valence-electron chi connectivity index (χ4n) is 3.83. The van der Waals surface area contributed by atoms with Gasteiger partial charge < -0.3 is 19.4 Å². The van der Waals surface area contributed by atoms with Gasteiger partial charge in [-0.3, -0.25) is 4.79 Å². The Hall–Kier alpha value is -2.88. The zero-order valence-corrected chi connectivity index (χ0v) is 17.2. The summed E-state index contributed by atoms with van der Waals surface area (Å²) in [4.78, 5) is 27.6. The number of aromatic nitrogens is 2. The van der Waals surface area contributed by atoms with Crippen molar-refractivity contribution in [3.63, 3.8) is 0 Å². The van der Waals surface area contributed by atoms with E-state index in [-0.39, 0.29) is 5.56 Å². The number of rotatable bonds is 3. The summed E-state index contributed by atoms with van der Waals surface area (Å²) in [6.07, 6.45) is -4.57. The highest BCUT2D eigenvalue weighted by molar-refractivity contribution is 5.96. The standard InChI is InChI=1S/C21H24F3N5O2/c1-15-14-18(26-20(25-15)29-10-12-31-13-11-29)27-6-8-28(9-7-27)19(30)16-4-2-3-5-17(16)21(22,23)24/h2-5,14H,6-13H2,1H3. The molecule has 0 saturated carbocycles. The van der Waals surface area contributed by atoms with Crippen LogP contribution in [0.5, 0.6) is 0 Å². The maximum absolute atomic E-state index is 13.3. The second-order valence-corrected chi connectivity index (χ2v) is 7.59. The minimum Gasteiger partial charge on any atom is -0.378 e. The molecule has 2 aromatic rings. The molecule has 0 atom stereocenters. The molecule has 0 aliphatic carbocycles. The van der Waals surface area contributed by atoms with Crippen LogP contribution in [-0.2, 0) is 10.9 Å². The lowest BCUT2D eigenvalue weighted by Crippen LogP contribution is -2.49. The van der Waals surface area contributed by atoms with Gasteiger partial charge in [0.05, 0.1) is 24.3 Å². The first-order valence-corrected chi connectivity index (χ1v) is 10.2. The third-order valence-corrected chi connectivity index (χ3v) is 5.48. The second-order valence-electron chi connectivity index (χ2n) is 7.59. The topological polar surface area (TPSA) is 61.8 Å². The van der Waals surface area contributed by atoms with Crippen LogP contribution >= 0.6 is 0 Å². The van der Waals surface area contributed by atoms with Crippen molar-refractivity contribution in [1.82, 2.24) is 14.9 Å². The van der Waals surface area contributed by atoms with Gasteiger partial charge in [0.25, 0.3) is 5.91 Å². The van der Waals surface area contributed by atoms with Crippen molar-refractivity contribution >= 4 is 17.7 Å². The Morgan fingerprint density at radius 1 is 0.968 bits per heavy atom. The van der Waals surface area contributed by atoms with Gasteiger partial charge in [-0.1, -0.05) is 12.1 Å². The summed E-state index contributed by atoms with van der Waals surface area (Å²) in [6.45, 7) is 6.23. The molecule has 166 valence electrons. The molecule has 31 heavy (non-hydrogen) atoms. The summed E-state index contributed by atoms with van der Waals surface area (Å²) in [5, 5.41) is 0. The van der Waals surface area contributed by atoms with E-state index in [1.165, 1.54) is 23.1 Å². The Kier molecular flexibility index (Phi) is 5.99. The first kappa shape index (κ1) is 21.4. The lowest BCUT2D eigenvalue weighted by atomic mass is 10.1. The van der Waals surface area contributed by atoms with Gasteiger partial charge >= 0.3 is 6.18 Å². The number of hydrogen-bond acceptors (Lipinski definition) is 6. The zero-order valence-electron chi connectivity index (χ0n) is 17.2. The molecule has 3 heterocycles. The van der Waals surface area contributed by atoms with Gasteiger partial charge in [0.1, 0.15) is 5.82 Å². The average Bonchev–Trinajstić information content (AvgIpc) is 2.78. The number of benzene rings is 1. The van der Waals surface area contributed by atoms with Crippen LogP contribution in [0, 0.1) is 6.92 Å². The van der Waals surface area contributed by atoms with Crippen LogP contribution in [0.3, 0.4) is 0 Å². The Labute approximate surface area is 178 Å². The number of piperazine rings is 1. The molecule has 7 nitrogen and oxygen atoms in total. The van der Waals surface area contributed by atoms with Crippen molar-refractivity contribution in [2.24, 2.45) is 0 Å². The van der Waals surface area contributed by atoms with E-state index in [2.05, 4.69) is 14.9 Å². The lowest BCUT2D eigenvalue weighted by molar-refractivity contribution is -0.138. The molecule has 0 radical (unpaired) electrons. The van der Waals surface area contributed by atoms with Crippen molar-refractivity contribution in [2.45, 2.75) is 13.1 Å². The predicted molar refractivity (Wildman–Crippen MR) is 109 cm³/mol. The molecule has 0 unspecified atom stereocenters. The number of hydrogen-bond donors (Lipinski definition) is 0. The molecule has 0 N–H and O–H groups in total. The number of halogens is 3. The summed E-state index contributed by atoms with van der Waals surface area (Å²) >= 11 is 0. The number of carbonyl (C=O) groups is 1. The Morgan fingerprint density at radius 3 is 2.32 bits per heavy atom. The lowest BCUT2D eigenvalue weighted by Gasteiger charge is -2.36. The van der Waals surface area contributed by atoms with Gasteiger partial charge in [0.15, 0.2) is 0 Å². The molecule has 4 rings (SSSR count). The van der Waals surface area contributed by atoms with E-state index in [1.807, 2.05) is 17.9 Å². The van der Waals surface area contributed by atoms with Crippen LogP contribution in [0.25, 0.3) is 0 Å². The molecule has 2 saturated heterocycles. The average molecular weight is 435 g/mol. The van der Waals surface area contributed by atoms with E-state index in [9.17, 15) is 18.0 Å². The van der Waals surface area contributed by atoms with Crippen LogP contribution in [0.2, 0.25) is 0 Å². The third-order valence-electron chi connectivity index (χ3n) is 5.48. The number of alkyl halides is 3. The molecule has 2 aliphatic heterocycles. The fourth-order valence-corrected chi connectivity index (χ4v) is 3.83. The highest BCUT2D eigenvalue weighted by atomic mass is 19.4. The monoisotopic (exact) mass is 435 g/mol. The van der Waals surface area contributed by atoms with E-state index < -0.39 is 17.6 Å². The van der Waals surface area contributed by atoms with Crippen molar-refractivity contribution < 1.29 is 22.7 Å². The van der Waals surface area contributed by atoms with Gasteiger partial charge in [-0.2, -0.15) is 18.2 Å². The largest absolute Gasteiger partial charge is 0.417 e. The smallest absolute Gasteiger partial charge is 0.378 e. The van der Waals surface area contributed by atoms with Crippen molar-refractivity contribution in [1.29, 1.82) is 0 Å². The number of carbonyl (C=O) groups excluding carboxylic acids is 1. The summed E-state index contributed by atoms with van der Waals surface area (Å²) in [7, 11) is 0. The summed E-state index contributed by atoms with van der Waals surface area (Å²) < 4.78 is 45.2. The fraction of sp³-hybridized carbons (Fsp3) is 0.476. The van der Waals surface area contributed by atoms with Gasteiger partial charge in [0.2, 0.25) is 5.95 Å². The van der Waals surface area contributed by atoms with Crippen molar-refractivity contribution in [3.8, 4) is 0 Å². The summed E-state index contributed by atoms with van der Waals surface area (Å²) in [5.74, 6) is 0.813. The van der Waals surface area contributed by atoms with Gasteiger partial charge in [-0.15, -0.1) is 0 Å². The number of aryl methyl sites for hydroxylation is 1. The number of anilines is 2. The van der Waals surface area contributed by atoms with E-state index in [4.69, 9.17) is 4.74 Å². The molecule has 2 fully saturated rings. The van der Waals surface area contributed by atoms with E-state index >= 15 is 0 Å². The van der Waals surface area contributed by atoms with E-state index in [0.717, 1.165) is 30.7 Å². The molecule has 2 aliphatic rings. The minimum absolute atomic E-state index is 0.309. The van der Waals surface area contributed by atoms with Crippen molar-refractivity contribution in [3.05, 3.63) is 47.2 Å². The quantitative estimate of drug-likeness (QED) is 0.739. The van der Waals surface area contributed by atoms with Crippen LogP contribution in [0.4, 0.5) is 24.9 Å². The third kappa shape index (κ3) is 4.73. The van der Waals surface area contributed by atoms with Crippen LogP contribution in [-0.4, -0.2) is 73.3 Å². The van der Waals surface area contributed by atoms with E-state index in [1.54, 1.807) is 0 Å². The Morgan fingerprint density at radius 2 is 1.65 bits per heavy atom. The predicted octanol–water partition coefficient (Wildman–Crippen LogP) is 2.60. The van der Waals surface area contributed by atoms with Gasteiger partial charge in [0, 0.05) is 51.0 Å². The number of nitrogens with zero attached hydrogens (tertiary/aromatic N) is 5. The molecule has 1 amide bonds. The number of amides is 1. The molecule has 0 bridgehead atoms. The first-order chi connectivity index (χ1) is 14.8. The van der Waals surface area contributed by atoms with Gasteiger partial charge in [-0.05, 0) is 19.1 Å². The molecular formula is C21H24F3N5O2. The molecular weight excluding hydrogens is 411 g/mol. The molecule has 10 heteroatoms. The second kappa shape index (κ2) is 8.70. The van der Waals surface area contributed by atoms with Crippen LogP contribution < -0.4 is 9.80 Å². The molecule has 1 aromatic heterocycles. The molecule has 1 aromatic carbocycles. The summed E-state index contributed by atoms with van der Waals surface area (Å²) in [6, 6.07) is 6.82. The minimum atomic E-state index is -4.57. The maximum atomic E-state index is 13.3. The zero-order chi connectivity index (χ0) is 22.0. The number of morpholine rings is 1. The summed E-state index contributed by atoms with van der Waals surface area (Å²) in [5.41, 5.74) is -0.371. The highest BCUT2D eigenvalue weighted by Crippen LogP contribution is 2.32.